The highest BCUT2D eigenvalue weighted by Crippen LogP contribution is 2.38. The molecule has 1 saturated carbocycles. The van der Waals surface area contributed by atoms with Crippen LogP contribution in [0.15, 0.2) is 18.2 Å². The van der Waals surface area contributed by atoms with Crippen molar-refractivity contribution in [3.63, 3.8) is 0 Å². The summed E-state index contributed by atoms with van der Waals surface area (Å²) in [6.07, 6.45) is 7.07. The van der Waals surface area contributed by atoms with Crippen LogP contribution >= 0.6 is 27.5 Å². The highest BCUT2D eigenvalue weighted by Gasteiger charge is 2.31. The Balaban J connectivity index is 2.13. The number of hydrogen-bond donors (Lipinski definition) is 0. The highest BCUT2D eigenvalue weighted by atomic mass is 79.9. The Labute approximate surface area is 138 Å². The standard InChI is InChI=1S/C15H19BrClNO3/c16-10-15(7-3-1-2-4-8-15)11-21-14-9-12(17)5-6-13(14)18(19)20/h5-6,9H,1-4,7-8,10-11H2. The fourth-order valence-electron chi connectivity index (χ4n) is 2.78. The molecule has 0 heterocycles. The maximum absolute atomic E-state index is 11.1. The van der Waals surface area contributed by atoms with Gasteiger partial charge in [-0.05, 0) is 18.9 Å². The lowest BCUT2D eigenvalue weighted by Crippen LogP contribution is -2.30. The van der Waals surface area contributed by atoms with Gasteiger partial charge in [0.05, 0.1) is 11.5 Å². The summed E-state index contributed by atoms with van der Waals surface area (Å²) in [6.45, 7) is 0.486. The molecule has 0 aliphatic heterocycles. The Kier molecular flexibility index (Phi) is 5.88. The van der Waals surface area contributed by atoms with Crippen LogP contribution in [0.4, 0.5) is 5.69 Å². The van der Waals surface area contributed by atoms with E-state index < -0.39 is 4.92 Å². The maximum atomic E-state index is 11.1. The number of ether oxygens (including phenoxy) is 1. The van der Waals surface area contributed by atoms with Crippen molar-refractivity contribution in [3.05, 3.63) is 33.3 Å². The van der Waals surface area contributed by atoms with Gasteiger partial charge in [0.15, 0.2) is 5.75 Å². The highest BCUT2D eigenvalue weighted by molar-refractivity contribution is 9.09. The van der Waals surface area contributed by atoms with E-state index in [1.54, 1.807) is 0 Å². The van der Waals surface area contributed by atoms with Gasteiger partial charge in [-0.1, -0.05) is 53.2 Å². The van der Waals surface area contributed by atoms with Gasteiger partial charge in [-0.25, -0.2) is 0 Å². The molecule has 116 valence electrons. The molecule has 0 radical (unpaired) electrons. The van der Waals surface area contributed by atoms with Crippen LogP contribution in [0.25, 0.3) is 0 Å². The summed E-state index contributed by atoms with van der Waals surface area (Å²) in [7, 11) is 0. The minimum Gasteiger partial charge on any atom is -0.486 e. The fourth-order valence-corrected chi connectivity index (χ4v) is 3.67. The molecule has 0 aromatic heterocycles. The van der Waals surface area contributed by atoms with E-state index in [9.17, 15) is 10.1 Å². The van der Waals surface area contributed by atoms with Crippen LogP contribution < -0.4 is 4.74 Å². The second-order valence-corrected chi connectivity index (χ2v) is 6.70. The number of nitrogens with zero attached hydrogens (tertiary/aromatic N) is 1. The third-order valence-corrected chi connectivity index (χ3v) is 5.52. The summed E-state index contributed by atoms with van der Waals surface area (Å²) in [5.41, 5.74) is 0.0323. The lowest BCUT2D eigenvalue weighted by atomic mass is 9.83. The summed E-state index contributed by atoms with van der Waals surface area (Å²) in [4.78, 5) is 10.6. The quantitative estimate of drug-likeness (QED) is 0.301. The van der Waals surface area contributed by atoms with Gasteiger partial charge in [0.25, 0.3) is 0 Å². The molecular weight excluding hydrogens is 358 g/mol. The molecule has 1 aliphatic rings. The van der Waals surface area contributed by atoms with E-state index in [0.29, 0.717) is 11.6 Å². The summed E-state index contributed by atoms with van der Waals surface area (Å²) in [5, 5.41) is 12.4. The van der Waals surface area contributed by atoms with Crippen LogP contribution in [0.2, 0.25) is 5.02 Å². The predicted octanol–water partition coefficient (Wildman–Crippen LogP) is 5.36. The van der Waals surface area contributed by atoms with Crippen molar-refractivity contribution in [1.82, 2.24) is 0 Å². The van der Waals surface area contributed by atoms with E-state index in [1.807, 2.05) is 0 Å². The first kappa shape index (κ1) is 16.6. The van der Waals surface area contributed by atoms with Crippen LogP contribution in [0, 0.1) is 15.5 Å². The number of rotatable bonds is 5. The van der Waals surface area contributed by atoms with E-state index in [4.69, 9.17) is 16.3 Å². The number of benzene rings is 1. The molecule has 0 saturated heterocycles. The number of hydrogen-bond acceptors (Lipinski definition) is 3. The van der Waals surface area contributed by atoms with E-state index in [1.165, 1.54) is 43.9 Å². The number of halogens is 2. The first-order valence-electron chi connectivity index (χ1n) is 7.19. The zero-order valence-electron chi connectivity index (χ0n) is 11.8. The molecule has 2 rings (SSSR count). The SMILES string of the molecule is O=[N+]([O-])c1ccc(Cl)cc1OCC1(CBr)CCCCCC1. The summed E-state index contributed by atoms with van der Waals surface area (Å²) in [6, 6.07) is 4.43. The van der Waals surface area contributed by atoms with Gasteiger partial charge in [-0.2, -0.15) is 0 Å². The molecule has 0 bridgehead atoms. The van der Waals surface area contributed by atoms with Gasteiger partial charge in [0.1, 0.15) is 0 Å². The number of nitro benzene ring substituents is 1. The molecular formula is C15H19BrClNO3. The second-order valence-electron chi connectivity index (χ2n) is 5.71. The van der Waals surface area contributed by atoms with Crippen LogP contribution in [0.3, 0.4) is 0 Å². The lowest BCUT2D eigenvalue weighted by molar-refractivity contribution is -0.386. The van der Waals surface area contributed by atoms with E-state index in [0.717, 1.165) is 18.2 Å². The molecule has 1 aliphatic carbocycles. The van der Waals surface area contributed by atoms with Crippen LogP contribution in [-0.2, 0) is 0 Å². The van der Waals surface area contributed by atoms with Gasteiger partial charge in [0, 0.05) is 27.9 Å². The summed E-state index contributed by atoms with van der Waals surface area (Å²) >= 11 is 9.52. The molecule has 0 atom stereocenters. The first-order valence-corrected chi connectivity index (χ1v) is 8.69. The van der Waals surface area contributed by atoms with Gasteiger partial charge >= 0.3 is 5.69 Å². The average molecular weight is 377 g/mol. The Morgan fingerprint density at radius 3 is 2.52 bits per heavy atom. The molecule has 6 heteroatoms. The molecule has 0 unspecified atom stereocenters. The van der Waals surface area contributed by atoms with Crippen LogP contribution in [0.1, 0.15) is 38.5 Å². The van der Waals surface area contributed by atoms with Gasteiger partial charge in [-0.15, -0.1) is 0 Å². The van der Waals surface area contributed by atoms with Crippen LogP contribution in [-0.4, -0.2) is 16.9 Å². The number of alkyl halides is 1. The van der Waals surface area contributed by atoms with Crippen molar-refractivity contribution in [2.24, 2.45) is 5.41 Å². The van der Waals surface area contributed by atoms with E-state index in [-0.39, 0.29) is 16.9 Å². The molecule has 1 aromatic rings. The second kappa shape index (κ2) is 7.45. The van der Waals surface area contributed by atoms with Gasteiger partial charge in [0.2, 0.25) is 0 Å². The Morgan fingerprint density at radius 2 is 1.95 bits per heavy atom. The molecule has 0 N–H and O–H groups in total. The lowest BCUT2D eigenvalue weighted by Gasteiger charge is -2.30. The Hall–Kier alpha value is -0.810. The normalized spacial score (nSPS) is 18.0. The monoisotopic (exact) mass is 375 g/mol. The zero-order chi connectivity index (χ0) is 15.3. The molecule has 0 spiro atoms. The third-order valence-electron chi connectivity index (χ3n) is 4.10. The molecule has 1 aromatic carbocycles. The minimum atomic E-state index is -0.431. The minimum absolute atomic E-state index is 0.0299. The third kappa shape index (κ3) is 4.33. The summed E-state index contributed by atoms with van der Waals surface area (Å²) in [5.74, 6) is 0.261. The Bertz CT molecular complexity index is 502. The first-order chi connectivity index (χ1) is 10.1. The summed E-state index contributed by atoms with van der Waals surface area (Å²) < 4.78 is 5.81. The van der Waals surface area contributed by atoms with Gasteiger partial charge in [-0.3, -0.25) is 10.1 Å². The van der Waals surface area contributed by atoms with Crippen LogP contribution in [0.5, 0.6) is 5.75 Å². The topological polar surface area (TPSA) is 52.4 Å². The molecule has 0 amide bonds. The van der Waals surface area contributed by atoms with E-state index >= 15 is 0 Å². The van der Waals surface area contributed by atoms with Crippen molar-refractivity contribution in [3.8, 4) is 5.75 Å². The number of nitro groups is 1. The largest absolute Gasteiger partial charge is 0.486 e. The van der Waals surface area contributed by atoms with Crippen molar-refractivity contribution < 1.29 is 9.66 Å². The Morgan fingerprint density at radius 1 is 1.29 bits per heavy atom. The molecule has 21 heavy (non-hydrogen) atoms. The molecule has 4 nitrogen and oxygen atoms in total. The predicted molar refractivity (Wildman–Crippen MR) is 87.5 cm³/mol. The van der Waals surface area contributed by atoms with Crippen molar-refractivity contribution >= 4 is 33.2 Å². The van der Waals surface area contributed by atoms with Gasteiger partial charge < -0.3 is 4.74 Å². The maximum Gasteiger partial charge on any atom is 0.311 e. The van der Waals surface area contributed by atoms with Crippen molar-refractivity contribution in [1.29, 1.82) is 0 Å². The van der Waals surface area contributed by atoms with Crippen molar-refractivity contribution in [2.45, 2.75) is 38.5 Å². The average Bonchev–Trinajstić information content (AvgIpc) is 2.71. The smallest absolute Gasteiger partial charge is 0.311 e. The fraction of sp³-hybridized carbons (Fsp3) is 0.600. The molecule has 1 fully saturated rings. The van der Waals surface area contributed by atoms with E-state index in [2.05, 4.69) is 15.9 Å². The van der Waals surface area contributed by atoms with Crippen molar-refractivity contribution in [2.75, 3.05) is 11.9 Å². The zero-order valence-corrected chi connectivity index (χ0v) is 14.2.